The minimum atomic E-state index is -0.474. The summed E-state index contributed by atoms with van der Waals surface area (Å²) >= 11 is 0. The van der Waals surface area contributed by atoms with Crippen molar-refractivity contribution in [1.82, 2.24) is 0 Å². The maximum Gasteiger partial charge on any atom is 0.276 e. The molecule has 0 N–H and O–H groups in total. The second kappa shape index (κ2) is 5.86. The van der Waals surface area contributed by atoms with Gasteiger partial charge >= 0.3 is 0 Å². The first-order chi connectivity index (χ1) is 9.19. The second-order valence-corrected chi connectivity index (χ2v) is 3.90. The number of nitro groups is 1. The molecule has 0 bridgehead atoms. The molecule has 2 aromatic rings. The lowest BCUT2D eigenvalue weighted by Crippen LogP contribution is -1.97. The predicted octanol–water partition coefficient (Wildman–Crippen LogP) is 3.18. The first-order valence-corrected chi connectivity index (χ1v) is 5.69. The number of hydrogen-bond donors (Lipinski definition) is 0. The minimum absolute atomic E-state index is 0.0533. The molecule has 0 unspecified atom stereocenters. The van der Waals surface area contributed by atoms with Gasteiger partial charge in [-0.15, -0.1) is 0 Å². The van der Waals surface area contributed by atoms with Gasteiger partial charge in [0, 0.05) is 6.07 Å². The second-order valence-electron chi connectivity index (χ2n) is 3.90. The summed E-state index contributed by atoms with van der Waals surface area (Å²) < 4.78 is 10.6. The van der Waals surface area contributed by atoms with Crippen molar-refractivity contribution >= 4 is 5.69 Å². The van der Waals surface area contributed by atoms with Crippen LogP contribution in [0, 0.1) is 10.1 Å². The zero-order valence-corrected chi connectivity index (χ0v) is 10.4. The smallest absolute Gasteiger partial charge is 0.276 e. The van der Waals surface area contributed by atoms with E-state index in [2.05, 4.69) is 0 Å². The van der Waals surface area contributed by atoms with Crippen molar-refractivity contribution in [2.45, 2.75) is 6.61 Å². The highest BCUT2D eigenvalue weighted by Crippen LogP contribution is 2.27. The molecule has 0 spiro atoms. The van der Waals surface area contributed by atoms with E-state index in [0.717, 1.165) is 5.56 Å². The van der Waals surface area contributed by atoms with Crippen LogP contribution >= 0.6 is 0 Å². The average Bonchev–Trinajstić information content (AvgIpc) is 2.45. The quantitative estimate of drug-likeness (QED) is 0.611. The van der Waals surface area contributed by atoms with Crippen LogP contribution < -0.4 is 9.47 Å². The molecule has 0 aliphatic heterocycles. The van der Waals surface area contributed by atoms with E-state index in [4.69, 9.17) is 9.47 Å². The molecule has 0 amide bonds. The molecule has 0 aliphatic carbocycles. The lowest BCUT2D eigenvalue weighted by Gasteiger charge is -2.08. The van der Waals surface area contributed by atoms with Gasteiger partial charge in [-0.3, -0.25) is 10.1 Å². The molecular formula is C14H13NO4. The largest absolute Gasteiger partial charge is 0.496 e. The van der Waals surface area contributed by atoms with Crippen molar-refractivity contribution in [2.24, 2.45) is 0 Å². The molecular weight excluding hydrogens is 246 g/mol. The molecule has 2 rings (SSSR count). The van der Waals surface area contributed by atoms with Gasteiger partial charge in [0.05, 0.1) is 24.2 Å². The Kier molecular flexibility index (Phi) is 3.97. The van der Waals surface area contributed by atoms with Crippen molar-refractivity contribution in [2.75, 3.05) is 7.11 Å². The SMILES string of the molecule is COc1cc(OCc2ccccc2)cc([N+](=O)[O-])c1. The van der Waals surface area contributed by atoms with Crippen LogP contribution in [0.4, 0.5) is 5.69 Å². The number of ether oxygens (including phenoxy) is 2. The lowest BCUT2D eigenvalue weighted by molar-refractivity contribution is -0.385. The summed E-state index contributed by atoms with van der Waals surface area (Å²) in [5.41, 5.74) is 0.940. The van der Waals surface area contributed by atoms with Crippen LogP contribution in [0.2, 0.25) is 0 Å². The molecule has 2 aromatic carbocycles. The monoisotopic (exact) mass is 259 g/mol. The highest BCUT2D eigenvalue weighted by atomic mass is 16.6. The fourth-order valence-electron chi connectivity index (χ4n) is 1.60. The maximum atomic E-state index is 10.8. The summed E-state index contributed by atoms with van der Waals surface area (Å²) in [7, 11) is 1.46. The fraction of sp³-hybridized carbons (Fsp3) is 0.143. The molecule has 0 aliphatic rings. The average molecular weight is 259 g/mol. The molecule has 5 nitrogen and oxygen atoms in total. The van der Waals surface area contributed by atoms with Gasteiger partial charge in [0.25, 0.3) is 5.69 Å². The predicted molar refractivity (Wildman–Crippen MR) is 70.4 cm³/mol. The summed E-state index contributed by atoms with van der Waals surface area (Å²) in [5, 5.41) is 10.8. The van der Waals surface area contributed by atoms with Gasteiger partial charge in [-0.05, 0) is 5.56 Å². The standard InChI is InChI=1S/C14H13NO4/c1-18-13-7-12(15(16)17)8-14(9-13)19-10-11-5-3-2-4-6-11/h2-9H,10H2,1H3. The molecule has 0 fully saturated rings. The third-order valence-electron chi connectivity index (χ3n) is 2.56. The number of nitro benzene ring substituents is 1. The highest BCUT2D eigenvalue weighted by Gasteiger charge is 2.11. The van der Waals surface area contributed by atoms with Crippen LogP contribution in [-0.4, -0.2) is 12.0 Å². The number of nitrogens with zero attached hydrogens (tertiary/aromatic N) is 1. The van der Waals surface area contributed by atoms with E-state index >= 15 is 0 Å². The van der Waals surface area contributed by atoms with Crippen LogP contribution in [0.15, 0.2) is 48.5 Å². The molecule has 0 saturated carbocycles. The topological polar surface area (TPSA) is 61.6 Å². The normalized spacial score (nSPS) is 9.95. The van der Waals surface area contributed by atoms with E-state index in [0.29, 0.717) is 18.1 Å². The minimum Gasteiger partial charge on any atom is -0.496 e. The van der Waals surface area contributed by atoms with Crippen molar-refractivity contribution in [3.63, 3.8) is 0 Å². The summed E-state index contributed by atoms with van der Waals surface area (Å²) in [6, 6.07) is 13.9. The van der Waals surface area contributed by atoms with E-state index < -0.39 is 4.92 Å². The Bertz CT molecular complexity index is 569. The molecule has 0 aromatic heterocycles. The van der Waals surface area contributed by atoms with Crippen molar-refractivity contribution in [3.8, 4) is 11.5 Å². The van der Waals surface area contributed by atoms with Gasteiger partial charge < -0.3 is 9.47 Å². The van der Waals surface area contributed by atoms with Gasteiger partial charge in [0.15, 0.2) is 0 Å². The van der Waals surface area contributed by atoms with Gasteiger partial charge in [0.2, 0.25) is 0 Å². The Morgan fingerprint density at radius 1 is 1.11 bits per heavy atom. The molecule has 0 atom stereocenters. The van der Waals surface area contributed by atoms with E-state index in [-0.39, 0.29) is 5.69 Å². The zero-order chi connectivity index (χ0) is 13.7. The van der Waals surface area contributed by atoms with Crippen LogP contribution in [0.25, 0.3) is 0 Å². The molecule has 98 valence electrons. The summed E-state index contributed by atoms with van der Waals surface area (Å²) in [5.74, 6) is 0.812. The third kappa shape index (κ3) is 3.45. The van der Waals surface area contributed by atoms with Gasteiger partial charge in [0.1, 0.15) is 18.1 Å². The molecule has 0 heterocycles. The first kappa shape index (κ1) is 12.9. The van der Waals surface area contributed by atoms with E-state index in [1.165, 1.54) is 19.2 Å². The first-order valence-electron chi connectivity index (χ1n) is 5.69. The summed E-state index contributed by atoms with van der Waals surface area (Å²) in [4.78, 5) is 10.3. The number of benzene rings is 2. The van der Waals surface area contributed by atoms with Gasteiger partial charge in [-0.2, -0.15) is 0 Å². The maximum absolute atomic E-state index is 10.8. The van der Waals surface area contributed by atoms with E-state index in [1.54, 1.807) is 6.07 Å². The van der Waals surface area contributed by atoms with Crippen LogP contribution in [0.1, 0.15) is 5.56 Å². The lowest BCUT2D eigenvalue weighted by atomic mass is 10.2. The number of methoxy groups -OCH3 is 1. The van der Waals surface area contributed by atoms with E-state index in [9.17, 15) is 10.1 Å². The number of hydrogen-bond acceptors (Lipinski definition) is 4. The Hall–Kier alpha value is -2.56. The Balaban J connectivity index is 2.15. The van der Waals surface area contributed by atoms with Crippen molar-refractivity contribution < 1.29 is 14.4 Å². The van der Waals surface area contributed by atoms with Crippen LogP contribution in [-0.2, 0) is 6.61 Å². The van der Waals surface area contributed by atoms with Crippen LogP contribution in [0.3, 0.4) is 0 Å². The molecule has 5 heteroatoms. The zero-order valence-electron chi connectivity index (χ0n) is 10.4. The Morgan fingerprint density at radius 2 is 1.79 bits per heavy atom. The number of rotatable bonds is 5. The third-order valence-corrected chi connectivity index (χ3v) is 2.56. The molecule has 19 heavy (non-hydrogen) atoms. The molecule has 0 radical (unpaired) electrons. The summed E-state index contributed by atoms with van der Waals surface area (Å²) in [6.45, 7) is 0.352. The Morgan fingerprint density at radius 3 is 2.42 bits per heavy atom. The number of non-ortho nitro benzene ring substituents is 1. The fourth-order valence-corrected chi connectivity index (χ4v) is 1.60. The summed E-state index contributed by atoms with van der Waals surface area (Å²) in [6.07, 6.45) is 0. The van der Waals surface area contributed by atoms with Crippen molar-refractivity contribution in [3.05, 3.63) is 64.2 Å². The Labute approximate surface area is 110 Å². The molecule has 0 saturated heterocycles. The van der Waals surface area contributed by atoms with Crippen LogP contribution in [0.5, 0.6) is 11.5 Å². The highest BCUT2D eigenvalue weighted by molar-refractivity contribution is 5.46. The van der Waals surface area contributed by atoms with Crippen molar-refractivity contribution in [1.29, 1.82) is 0 Å². The van der Waals surface area contributed by atoms with Gasteiger partial charge in [-0.1, -0.05) is 30.3 Å². The van der Waals surface area contributed by atoms with E-state index in [1.807, 2.05) is 30.3 Å². The van der Waals surface area contributed by atoms with Gasteiger partial charge in [-0.25, -0.2) is 0 Å².